The predicted octanol–water partition coefficient (Wildman–Crippen LogP) is 0.777. The molecule has 2 saturated heterocycles. The van der Waals surface area contributed by atoms with Gasteiger partial charge in [-0.05, 0) is 18.8 Å². The van der Waals surface area contributed by atoms with Crippen LogP contribution < -0.4 is 5.73 Å². The first-order chi connectivity index (χ1) is 7.86. The summed E-state index contributed by atoms with van der Waals surface area (Å²) in [6.07, 6.45) is 2.30. The minimum atomic E-state index is 0.702. The van der Waals surface area contributed by atoms with Crippen LogP contribution in [0, 0.1) is 5.92 Å². The van der Waals surface area contributed by atoms with E-state index in [1.54, 1.807) is 0 Å². The fourth-order valence-electron chi connectivity index (χ4n) is 2.07. The van der Waals surface area contributed by atoms with Crippen LogP contribution in [0.4, 0.5) is 0 Å². The molecule has 1 atom stereocenters. The fourth-order valence-corrected chi connectivity index (χ4v) is 2.97. The Morgan fingerprint density at radius 2 is 2.25 bits per heavy atom. The van der Waals surface area contributed by atoms with Gasteiger partial charge < -0.3 is 15.4 Å². The second-order valence-corrected chi connectivity index (χ2v) is 5.58. The molecule has 2 fully saturated rings. The van der Waals surface area contributed by atoms with Crippen molar-refractivity contribution in [1.29, 1.82) is 0 Å². The molecule has 5 heteroatoms. The highest BCUT2D eigenvalue weighted by atomic mass is 32.2. The second kappa shape index (κ2) is 6.35. The van der Waals surface area contributed by atoms with Gasteiger partial charge in [0.15, 0.2) is 5.96 Å². The topological polar surface area (TPSA) is 50.9 Å². The Bertz CT molecular complexity index is 235. The smallest absolute Gasteiger partial charge is 0.191 e. The van der Waals surface area contributed by atoms with E-state index in [1.807, 2.05) is 11.8 Å². The van der Waals surface area contributed by atoms with Crippen LogP contribution in [0.2, 0.25) is 0 Å². The molecule has 0 saturated carbocycles. The van der Waals surface area contributed by atoms with E-state index < -0.39 is 0 Å². The number of hydrogen-bond donors (Lipinski definition) is 1. The second-order valence-electron chi connectivity index (χ2n) is 4.36. The molecule has 0 aromatic rings. The summed E-state index contributed by atoms with van der Waals surface area (Å²) < 4.78 is 5.34. The number of nitrogens with zero attached hydrogens (tertiary/aromatic N) is 2. The van der Waals surface area contributed by atoms with Crippen molar-refractivity contribution < 1.29 is 4.74 Å². The molecule has 0 aromatic heterocycles. The molecule has 0 aliphatic carbocycles. The van der Waals surface area contributed by atoms with Crippen LogP contribution in [-0.2, 0) is 4.74 Å². The van der Waals surface area contributed by atoms with Gasteiger partial charge >= 0.3 is 0 Å². The van der Waals surface area contributed by atoms with Crippen molar-refractivity contribution in [2.45, 2.75) is 12.8 Å². The fraction of sp³-hybridized carbons (Fsp3) is 0.909. The summed E-state index contributed by atoms with van der Waals surface area (Å²) in [6, 6.07) is 0. The first-order valence-electron chi connectivity index (χ1n) is 6.06. The van der Waals surface area contributed by atoms with Gasteiger partial charge in [-0.2, -0.15) is 11.8 Å². The molecule has 0 amide bonds. The average Bonchev–Trinajstić information content (AvgIpc) is 2.83. The zero-order valence-corrected chi connectivity index (χ0v) is 10.5. The third-order valence-electron chi connectivity index (χ3n) is 3.17. The van der Waals surface area contributed by atoms with Crippen LogP contribution in [0.3, 0.4) is 0 Å². The van der Waals surface area contributed by atoms with Gasteiger partial charge in [-0.3, -0.25) is 4.99 Å². The molecule has 0 aromatic carbocycles. The third-order valence-corrected chi connectivity index (χ3v) is 4.11. The van der Waals surface area contributed by atoms with E-state index >= 15 is 0 Å². The lowest BCUT2D eigenvalue weighted by Crippen LogP contribution is -2.42. The Hall–Kier alpha value is -0.420. The number of ether oxygens (including phenoxy) is 1. The third kappa shape index (κ3) is 3.56. The Balaban J connectivity index is 1.68. The molecule has 92 valence electrons. The van der Waals surface area contributed by atoms with Crippen LogP contribution in [0.1, 0.15) is 12.8 Å². The first kappa shape index (κ1) is 12.0. The normalized spacial score (nSPS) is 27.4. The molecule has 2 rings (SSSR count). The zero-order valence-electron chi connectivity index (χ0n) is 9.73. The largest absolute Gasteiger partial charge is 0.381 e. The number of hydrogen-bond acceptors (Lipinski definition) is 3. The SMILES string of the molecule is NC(=NCCC1CCOC1)N1CCSCC1. The lowest BCUT2D eigenvalue weighted by molar-refractivity contribution is 0.184. The van der Waals surface area contributed by atoms with Crippen LogP contribution in [0.15, 0.2) is 4.99 Å². The summed E-state index contributed by atoms with van der Waals surface area (Å²) in [6.45, 7) is 4.78. The summed E-state index contributed by atoms with van der Waals surface area (Å²) in [5, 5.41) is 0. The summed E-state index contributed by atoms with van der Waals surface area (Å²) in [5.74, 6) is 3.78. The molecule has 2 aliphatic rings. The summed E-state index contributed by atoms with van der Waals surface area (Å²) in [5.41, 5.74) is 5.97. The number of nitrogens with two attached hydrogens (primary N) is 1. The van der Waals surface area contributed by atoms with Crippen molar-refractivity contribution in [3.63, 3.8) is 0 Å². The number of thioether (sulfide) groups is 1. The predicted molar refractivity (Wildman–Crippen MR) is 68.9 cm³/mol. The van der Waals surface area contributed by atoms with Crippen molar-refractivity contribution in [3.8, 4) is 0 Å². The molecular weight excluding hydrogens is 222 g/mol. The molecule has 2 heterocycles. The maximum atomic E-state index is 5.97. The van der Waals surface area contributed by atoms with E-state index in [1.165, 1.54) is 17.9 Å². The van der Waals surface area contributed by atoms with E-state index in [0.29, 0.717) is 5.92 Å². The quantitative estimate of drug-likeness (QED) is 0.588. The number of rotatable bonds is 3. The molecular formula is C11H21N3OS. The Morgan fingerprint density at radius 1 is 1.44 bits per heavy atom. The van der Waals surface area contributed by atoms with Crippen LogP contribution in [0.25, 0.3) is 0 Å². The molecule has 0 radical (unpaired) electrons. The zero-order chi connectivity index (χ0) is 11.2. The van der Waals surface area contributed by atoms with Crippen molar-refractivity contribution in [3.05, 3.63) is 0 Å². The van der Waals surface area contributed by atoms with Gasteiger partial charge in [0.25, 0.3) is 0 Å². The van der Waals surface area contributed by atoms with Gasteiger partial charge in [0.1, 0.15) is 0 Å². The summed E-state index contributed by atoms with van der Waals surface area (Å²) in [4.78, 5) is 6.66. The van der Waals surface area contributed by atoms with E-state index in [-0.39, 0.29) is 0 Å². The Morgan fingerprint density at radius 3 is 2.94 bits per heavy atom. The van der Waals surface area contributed by atoms with Crippen LogP contribution >= 0.6 is 11.8 Å². The molecule has 1 unspecified atom stereocenters. The maximum Gasteiger partial charge on any atom is 0.191 e. The van der Waals surface area contributed by atoms with E-state index in [4.69, 9.17) is 10.5 Å². The minimum absolute atomic E-state index is 0.702. The molecule has 0 bridgehead atoms. The highest BCUT2D eigenvalue weighted by molar-refractivity contribution is 7.99. The Kier molecular flexibility index (Phi) is 4.78. The van der Waals surface area contributed by atoms with Gasteiger partial charge in [0.05, 0.1) is 0 Å². The molecule has 2 N–H and O–H groups in total. The molecule has 4 nitrogen and oxygen atoms in total. The van der Waals surface area contributed by atoms with E-state index in [2.05, 4.69) is 9.89 Å². The molecule has 0 spiro atoms. The van der Waals surface area contributed by atoms with Gasteiger partial charge in [-0.15, -0.1) is 0 Å². The van der Waals surface area contributed by atoms with Crippen molar-refractivity contribution >= 4 is 17.7 Å². The number of aliphatic imine (C=N–C) groups is 1. The maximum absolute atomic E-state index is 5.97. The lowest BCUT2D eigenvalue weighted by Gasteiger charge is -2.27. The first-order valence-corrected chi connectivity index (χ1v) is 7.22. The lowest BCUT2D eigenvalue weighted by atomic mass is 10.1. The Labute approximate surface area is 102 Å². The highest BCUT2D eigenvalue weighted by Crippen LogP contribution is 2.16. The molecule has 2 aliphatic heterocycles. The van der Waals surface area contributed by atoms with Crippen LogP contribution in [-0.4, -0.2) is 55.2 Å². The van der Waals surface area contributed by atoms with E-state index in [9.17, 15) is 0 Å². The van der Waals surface area contributed by atoms with Gasteiger partial charge in [0.2, 0.25) is 0 Å². The summed E-state index contributed by atoms with van der Waals surface area (Å²) in [7, 11) is 0. The highest BCUT2D eigenvalue weighted by Gasteiger charge is 2.15. The van der Waals surface area contributed by atoms with E-state index in [0.717, 1.165) is 45.2 Å². The number of guanidine groups is 1. The standard InChI is InChI=1S/C11H21N3OS/c12-11(14-4-7-16-8-5-14)13-3-1-10-2-6-15-9-10/h10H,1-9H2,(H2,12,13). The molecule has 16 heavy (non-hydrogen) atoms. The minimum Gasteiger partial charge on any atom is -0.381 e. The van der Waals surface area contributed by atoms with Crippen LogP contribution in [0.5, 0.6) is 0 Å². The monoisotopic (exact) mass is 243 g/mol. The van der Waals surface area contributed by atoms with Gasteiger partial charge in [-0.25, -0.2) is 0 Å². The van der Waals surface area contributed by atoms with Crippen molar-refractivity contribution in [1.82, 2.24) is 4.90 Å². The average molecular weight is 243 g/mol. The summed E-state index contributed by atoms with van der Waals surface area (Å²) >= 11 is 1.99. The van der Waals surface area contributed by atoms with Crippen molar-refractivity contribution in [2.75, 3.05) is 44.4 Å². The van der Waals surface area contributed by atoms with Crippen molar-refractivity contribution in [2.24, 2.45) is 16.6 Å². The van der Waals surface area contributed by atoms with Gasteiger partial charge in [-0.1, -0.05) is 0 Å². The van der Waals surface area contributed by atoms with Gasteiger partial charge in [0, 0.05) is 44.4 Å².